The molecule has 1 heterocycles. The Morgan fingerprint density at radius 2 is 1.60 bits per heavy atom. The molecule has 0 spiro atoms. The van der Waals surface area contributed by atoms with Crippen LogP contribution in [0.1, 0.15) is 29.2 Å². The van der Waals surface area contributed by atoms with Crippen molar-refractivity contribution in [3.8, 4) is 5.75 Å². The number of para-hydroxylation sites is 1. The van der Waals surface area contributed by atoms with Gasteiger partial charge in [0.15, 0.2) is 0 Å². The number of methoxy groups -OCH3 is 1. The molecule has 0 saturated heterocycles. The predicted octanol–water partition coefficient (Wildman–Crippen LogP) is 6.21. The molecule has 0 aromatic heterocycles. The molecule has 0 saturated carbocycles. The van der Waals surface area contributed by atoms with E-state index >= 15 is 0 Å². The van der Waals surface area contributed by atoms with Crippen molar-refractivity contribution < 1.29 is 22.3 Å². The van der Waals surface area contributed by atoms with Crippen molar-refractivity contribution in [2.45, 2.75) is 18.6 Å². The van der Waals surface area contributed by atoms with Crippen molar-refractivity contribution in [2.75, 3.05) is 12.1 Å². The van der Waals surface area contributed by atoms with Crippen LogP contribution in [0.5, 0.6) is 5.75 Å². The monoisotopic (exact) mass is 414 g/mol. The van der Waals surface area contributed by atoms with Gasteiger partial charge in [-0.2, -0.15) is 18.3 Å². The third-order valence-electron chi connectivity index (χ3n) is 5.05. The number of rotatable bonds is 4. The molecule has 1 atom stereocenters. The van der Waals surface area contributed by atoms with Gasteiger partial charge in [0.2, 0.25) is 0 Å². The van der Waals surface area contributed by atoms with Gasteiger partial charge in [0, 0.05) is 17.5 Å². The highest BCUT2D eigenvalue weighted by molar-refractivity contribution is 6.03. The number of anilines is 1. The number of benzene rings is 3. The SMILES string of the molecule is COc1ccccc1C1CC(c2ccccc2F)=NN1c1ccc(C(F)(F)F)cc1. The van der Waals surface area contributed by atoms with Crippen molar-refractivity contribution >= 4 is 11.4 Å². The van der Waals surface area contributed by atoms with Crippen molar-refractivity contribution in [3.63, 3.8) is 0 Å². The Bertz CT molecular complexity index is 1080. The van der Waals surface area contributed by atoms with Gasteiger partial charge in [-0.25, -0.2) is 4.39 Å². The number of nitrogens with zero attached hydrogens (tertiary/aromatic N) is 2. The molecule has 4 rings (SSSR count). The number of hydrogen-bond acceptors (Lipinski definition) is 3. The Kier molecular flexibility index (Phi) is 5.20. The number of hydrogen-bond donors (Lipinski definition) is 0. The molecule has 3 aromatic carbocycles. The van der Waals surface area contributed by atoms with E-state index in [4.69, 9.17) is 4.74 Å². The lowest BCUT2D eigenvalue weighted by atomic mass is 9.97. The van der Waals surface area contributed by atoms with Crippen LogP contribution in [0.2, 0.25) is 0 Å². The van der Waals surface area contributed by atoms with Gasteiger partial charge in [0.05, 0.1) is 30.1 Å². The average molecular weight is 414 g/mol. The second-order valence-electron chi connectivity index (χ2n) is 6.88. The van der Waals surface area contributed by atoms with E-state index in [0.29, 0.717) is 29.1 Å². The standard InChI is InChI=1S/C23H18F4N2O/c1-30-22-9-5-3-7-18(22)21-14-20(17-6-2-4-8-19(17)24)28-29(21)16-12-10-15(11-13-16)23(25,26)27/h2-13,21H,14H2,1H3. The van der Waals surface area contributed by atoms with E-state index in [2.05, 4.69) is 5.10 Å². The molecule has 3 aromatic rings. The molecule has 0 N–H and O–H groups in total. The molecule has 1 aliphatic rings. The van der Waals surface area contributed by atoms with Crippen LogP contribution in [0.3, 0.4) is 0 Å². The van der Waals surface area contributed by atoms with E-state index in [1.807, 2.05) is 18.2 Å². The van der Waals surface area contributed by atoms with Crippen LogP contribution in [-0.4, -0.2) is 12.8 Å². The van der Waals surface area contributed by atoms with Gasteiger partial charge < -0.3 is 4.74 Å². The minimum atomic E-state index is -4.42. The van der Waals surface area contributed by atoms with Crippen LogP contribution in [0, 0.1) is 5.82 Å². The summed E-state index contributed by atoms with van der Waals surface area (Å²) in [6.07, 6.45) is -4.05. The lowest BCUT2D eigenvalue weighted by Crippen LogP contribution is -2.19. The Hall–Kier alpha value is -3.35. The minimum absolute atomic E-state index is 0.354. The van der Waals surface area contributed by atoms with E-state index in [1.54, 1.807) is 36.4 Å². The minimum Gasteiger partial charge on any atom is -0.496 e. The van der Waals surface area contributed by atoms with E-state index in [1.165, 1.54) is 18.2 Å². The van der Waals surface area contributed by atoms with E-state index in [0.717, 1.165) is 17.7 Å². The lowest BCUT2D eigenvalue weighted by Gasteiger charge is -2.25. The molecule has 0 bridgehead atoms. The topological polar surface area (TPSA) is 24.8 Å². The Balaban J connectivity index is 1.79. The highest BCUT2D eigenvalue weighted by Crippen LogP contribution is 2.41. The maximum Gasteiger partial charge on any atom is 0.416 e. The quantitative estimate of drug-likeness (QED) is 0.474. The van der Waals surface area contributed by atoms with Gasteiger partial charge in [0.25, 0.3) is 0 Å². The average Bonchev–Trinajstić information content (AvgIpc) is 3.18. The molecule has 3 nitrogen and oxygen atoms in total. The summed E-state index contributed by atoms with van der Waals surface area (Å²) in [7, 11) is 1.55. The van der Waals surface area contributed by atoms with Crippen LogP contribution in [0.4, 0.5) is 23.2 Å². The number of hydrazone groups is 1. The highest BCUT2D eigenvalue weighted by Gasteiger charge is 2.34. The van der Waals surface area contributed by atoms with E-state index < -0.39 is 17.6 Å². The van der Waals surface area contributed by atoms with Crippen LogP contribution < -0.4 is 9.75 Å². The van der Waals surface area contributed by atoms with Gasteiger partial charge in [-0.15, -0.1) is 0 Å². The zero-order valence-corrected chi connectivity index (χ0v) is 16.0. The molecule has 0 amide bonds. The van der Waals surface area contributed by atoms with Crippen molar-refractivity contribution in [1.29, 1.82) is 0 Å². The summed E-state index contributed by atoms with van der Waals surface area (Å²) in [6, 6.07) is 18.1. The van der Waals surface area contributed by atoms with Crippen LogP contribution in [0.15, 0.2) is 77.9 Å². The first-order valence-corrected chi connectivity index (χ1v) is 9.30. The molecule has 7 heteroatoms. The summed E-state index contributed by atoms with van der Waals surface area (Å²) < 4.78 is 58.7. The summed E-state index contributed by atoms with van der Waals surface area (Å²) in [4.78, 5) is 0. The van der Waals surface area contributed by atoms with Crippen molar-refractivity contribution in [3.05, 3.63) is 95.3 Å². The fraction of sp³-hybridized carbons (Fsp3) is 0.174. The van der Waals surface area contributed by atoms with Gasteiger partial charge in [-0.05, 0) is 36.4 Å². The summed E-state index contributed by atoms with van der Waals surface area (Å²) in [6.45, 7) is 0. The van der Waals surface area contributed by atoms with Crippen molar-refractivity contribution in [2.24, 2.45) is 5.10 Å². The molecule has 0 aliphatic carbocycles. The Labute approximate surface area is 171 Å². The smallest absolute Gasteiger partial charge is 0.416 e. The molecule has 0 fully saturated rings. The fourth-order valence-electron chi connectivity index (χ4n) is 3.59. The zero-order valence-electron chi connectivity index (χ0n) is 16.0. The van der Waals surface area contributed by atoms with E-state index in [9.17, 15) is 17.6 Å². The number of alkyl halides is 3. The summed E-state index contributed by atoms with van der Waals surface area (Å²) in [5, 5.41) is 6.21. The summed E-state index contributed by atoms with van der Waals surface area (Å²) >= 11 is 0. The second kappa shape index (κ2) is 7.82. The van der Waals surface area contributed by atoms with Gasteiger partial charge in [0.1, 0.15) is 11.6 Å². The van der Waals surface area contributed by atoms with Crippen LogP contribution in [-0.2, 0) is 6.18 Å². The van der Waals surface area contributed by atoms with Crippen molar-refractivity contribution in [1.82, 2.24) is 0 Å². The fourth-order valence-corrected chi connectivity index (χ4v) is 3.59. The third kappa shape index (κ3) is 3.75. The molecule has 1 unspecified atom stereocenters. The normalized spacial score (nSPS) is 16.5. The maximum absolute atomic E-state index is 14.4. The zero-order chi connectivity index (χ0) is 21.3. The predicted molar refractivity (Wildman–Crippen MR) is 107 cm³/mol. The lowest BCUT2D eigenvalue weighted by molar-refractivity contribution is -0.137. The molecule has 1 aliphatic heterocycles. The summed E-state index contributed by atoms with van der Waals surface area (Å²) in [5.41, 5.74) is 1.44. The first-order valence-electron chi connectivity index (χ1n) is 9.30. The molecule has 0 radical (unpaired) electrons. The first-order chi connectivity index (χ1) is 14.4. The molecule has 154 valence electrons. The molecular weight excluding hydrogens is 396 g/mol. The van der Waals surface area contributed by atoms with Gasteiger partial charge in [-0.3, -0.25) is 5.01 Å². The van der Waals surface area contributed by atoms with Gasteiger partial charge >= 0.3 is 6.18 Å². The molecular formula is C23H18F4N2O. The Morgan fingerprint density at radius 3 is 2.27 bits per heavy atom. The summed E-state index contributed by atoms with van der Waals surface area (Å²) in [5.74, 6) is 0.230. The van der Waals surface area contributed by atoms with E-state index in [-0.39, 0.29) is 6.04 Å². The van der Waals surface area contributed by atoms with Crippen LogP contribution in [0.25, 0.3) is 0 Å². The van der Waals surface area contributed by atoms with Gasteiger partial charge in [-0.1, -0.05) is 36.4 Å². The molecule has 30 heavy (non-hydrogen) atoms. The van der Waals surface area contributed by atoms with Crippen LogP contribution >= 0.6 is 0 Å². The largest absolute Gasteiger partial charge is 0.496 e. The third-order valence-corrected chi connectivity index (χ3v) is 5.05. The second-order valence-corrected chi connectivity index (χ2v) is 6.88. The Morgan fingerprint density at radius 1 is 0.933 bits per heavy atom. The highest BCUT2D eigenvalue weighted by atomic mass is 19.4. The maximum atomic E-state index is 14.4. The number of ether oxygens (including phenoxy) is 1. The first kappa shape index (κ1) is 19.9. The number of halogens is 4.